The van der Waals surface area contributed by atoms with Crippen LogP contribution < -0.4 is 0 Å². The Morgan fingerprint density at radius 2 is 1.00 bits per heavy atom. The van der Waals surface area contributed by atoms with Crippen LogP contribution in [0, 0.1) is 0 Å². The van der Waals surface area contributed by atoms with E-state index < -0.39 is 0 Å². The maximum atomic E-state index is 8.30. The SMILES string of the molecule is OCCCCCCO.[Au]. The quantitative estimate of drug-likeness (QED) is 0.574. The molecule has 9 heavy (non-hydrogen) atoms. The molecule has 0 unspecified atom stereocenters. The molecule has 3 heteroatoms. The van der Waals surface area contributed by atoms with Crippen LogP contribution in [0.5, 0.6) is 0 Å². The largest absolute Gasteiger partial charge is 0.396 e. The second-order valence-corrected chi connectivity index (χ2v) is 1.86. The second-order valence-electron chi connectivity index (χ2n) is 1.86. The molecule has 0 amide bonds. The van der Waals surface area contributed by atoms with Crippen molar-refractivity contribution in [1.29, 1.82) is 0 Å². The first-order valence-electron chi connectivity index (χ1n) is 3.13. The van der Waals surface area contributed by atoms with Crippen molar-refractivity contribution in [3.05, 3.63) is 0 Å². The third kappa shape index (κ3) is 12.0. The summed E-state index contributed by atoms with van der Waals surface area (Å²) in [4.78, 5) is 0. The fraction of sp³-hybridized carbons (Fsp3) is 1.00. The number of rotatable bonds is 5. The molecule has 0 aliphatic carbocycles. The monoisotopic (exact) mass is 315 g/mol. The first-order chi connectivity index (χ1) is 3.91. The third-order valence-corrected chi connectivity index (χ3v) is 1.07. The average Bonchev–Trinajstić information content (AvgIpc) is 1.81. The molecular formula is C6H14AuO2. The molecular weight excluding hydrogens is 301 g/mol. The van der Waals surface area contributed by atoms with Crippen molar-refractivity contribution in [3.8, 4) is 0 Å². The van der Waals surface area contributed by atoms with Crippen molar-refractivity contribution in [3.63, 3.8) is 0 Å². The molecule has 0 saturated heterocycles. The Morgan fingerprint density at radius 3 is 1.22 bits per heavy atom. The third-order valence-electron chi connectivity index (χ3n) is 1.07. The zero-order valence-electron chi connectivity index (χ0n) is 5.44. The van der Waals surface area contributed by atoms with Crippen molar-refractivity contribution in [1.82, 2.24) is 0 Å². The number of aliphatic hydroxyl groups excluding tert-OH is 2. The van der Waals surface area contributed by atoms with Crippen molar-refractivity contribution < 1.29 is 32.6 Å². The molecule has 0 aliphatic heterocycles. The molecule has 61 valence electrons. The van der Waals surface area contributed by atoms with Gasteiger partial charge in [0.25, 0.3) is 0 Å². The van der Waals surface area contributed by atoms with E-state index in [1.54, 1.807) is 0 Å². The molecule has 0 aliphatic rings. The summed E-state index contributed by atoms with van der Waals surface area (Å²) in [5, 5.41) is 16.6. The fourth-order valence-corrected chi connectivity index (χ4v) is 0.577. The van der Waals surface area contributed by atoms with Gasteiger partial charge in [-0.05, 0) is 12.8 Å². The van der Waals surface area contributed by atoms with Crippen LogP contribution in [0.15, 0.2) is 0 Å². The van der Waals surface area contributed by atoms with Gasteiger partial charge in [0.05, 0.1) is 0 Å². The van der Waals surface area contributed by atoms with Crippen molar-refractivity contribution in [2.45, 2.75) is 25.7 Å². The molecule has 0 atom stereocenters. The van der Waals surface area contributed by atoms with E-state index >= 15 is 0 Å². The Balaban J connectivity index is 0. The summed E-state index contributed by atoms with van der Waals surface area (Å²) in [5.41, 5.74) is 0. The van der Waals surface area contributed by atoms with E-state index in [2.05, 4.69) is 0 Å². The first kappa shape index (κ1) is 12.3. The second kappa shape index (κ2) is 11.5. The molecule has 1 radical (unpaired) electrons. The molecule has 0 bridgehead atoms. The van der Waals surface area contributed by atoms with Crippen LogP contribution in [-0.4, -0.2) is 23.4 Å². The molecule has 0 aromatic heterocycles. The van der Waals surface area contributed by atoms with Gasteiger partial charge in [-0.25, -0.2) is 0 Å². The van der Waals surface area contributed by atoms with Crippen LogP contribution in [0.4, 0.5) is 0 Å². The summed E-state index contributed by atoms with van der Waals surface area (Å²) in [6, 6.07) is 0. The topological polar surface area (TPSA) is 40.5 Å². The first-order valence-corrected chi connectivity index (χ1v) is 3.13. The minimum absolute atomic E-state index is 0. The van der Waals surface area contributed by atoms with Crippen LogP contribution in [0.1, 0.15) is 25.7 Å². The van der Waals surface area contributed by atoms with Crippen molar-refractivity contribution in [2.75, 3.05) is 13.2 Å². The summed E-state index contributed by atoms with van der Waals surface area (Å²) in [5.74, 6) is 0. The maximum absolute atomic E-state index is 8.30. The molecule has 0 saturated carbocycles. The number of aliphatic hydroxyl groups is 2. The summed E-state index contributed by atoms with van der Waals surface area (Å²) < 4.78 is 0. The van der Waals surface area contributed by atoms with Gasteiger partial charge in [-0.3, -0.25) is 0 Å². The van der Waals surface area contributed by atoms with E-state index in [9.17, 15) is 0 Å². The Kier molecular flexibility index (Phi) is 15.7. The molecule has 0 rings (SSSR count). The number of unbranched alkanes of at least 4 members (excludes halogenated alkanes) is 3. The van der Waals surface area contributed by atoms with Gasteiger partial charge in [0.1, 0.15) is 0 Å². The fourth-order valence-electron chi connectivity index (χ4n) is 0.577. The number of hydrogen-bond acceptors (Lipinski definition) is 2. The van der Waals surface area contributed by atoms with Gasteiger partial charge in [-0.1, -0.05) is 12.8 Å². The Labute approximate surface area is 71.8 Å². The van der Waals surface area contributed by atoms with Crippen LogP contribution in [0.25, 0.3) is 0 Å². The smallest absolute Gasteiger partial charge is 0.0431 e. The van der Waals surface area contributed by atoms with Crippen molar-refractivity contribution >= 4 is 0 Å². The molecule has 0 spiro atoms. The minimum atomic E-state index is 0. The molecule has 0 fully saturated rings. The minimum Gasteiger partial charge on any atom is -0.396 e. The Bertz CT molecular complexity index is 36.0. The van der Waals surface area contributed by atoms with E-state index in [4.69, 9.17) is 10.2 Å². The number of hydrogen-bond donors (Lipinski definition) is 2. The summed E-state index contributed by atoms with van der Waals surface area (Å²) >= 11 is 0. The van der Waals surface area contributed by atoms with E-state index in [1.807, 2.05) is 0 Å². The van der Waals surface area contributed by atoms with Gasteiger partial charge in [-0.2, -0.15) is 0 Å². The Morgan fingerprint density at radius 1 is 0.667 bits per heavy atom. The zero-order chi connectivity index (χ0) is 6.24. The standard InChI is InChI=1S/C6H14O2.Au/c7-5-3-1-2-4-6-8;/h7-8H,1-6H2;. The van der Waals surface area contributed by atoms with Gasteiger partial charge in [0, 0.05) is 35.6 Å². The molecule has 0 aromatic rings. The van der Waals surface area contributed by atoms with Gasteiger partial charge in [0.15, 0.2) is 0 Å². The molecule has 0 heterocycles. The zero-order valence-corrected chi connectivity index (χ0v) is 7.61. The van der Waals surface area contributed by atoms with Gasteiger partial charge < -0.3 is 10.2 Å². The maximum Gasteiger partial charge on any atom is 0.0431 e. The van der Waals surface area contributed by atoms with Gasteiger partial charge in [-0.15, -0.1) is 0 Å². The van der Waals surface area contributed by atoms with Gasteiger partial charge in [0.2, 0.25) is 0 Å². The van der Waals surface area contributed by atoms with E-state index in [-0.39, 0.29) is 35.6 Å². The Hall–Kier alpha value is 0.660. The molecule has 0 aromatic carbocycles. The van der Waals surface area contributed by atoms with E-state index in [0.717, 1.165) is 25.7 Å². The van der Waals surface area contributed by atoms with Crippen LogP contribution >= 0.6 is 0 Å². The normalized spacial score (nSPS) is 8.67. The van der Waals surface area contributed by atoms with Crippen molar-refractivity contribution in [2.24, 2.45) is 0 Å². The molecule has 2 N–H and O–H groups in total. The summed E-state index contributed by atoms with van der Waals surface area (Å²) in [6.07, 6.45) is 3.83. The average molecular weight is 315 g/mol. The predicted octanol–water partition coefficient (Wildman–Crippen LogP) is 0.529. The summed E-state index contributed by atoms with van der Waals surface area (Å²) in [7, 11) is 0. The van der Waals surface area contributed by atoms with Crippen LogP contribution in [-0.2, 0) is 22.4 Å². The van der Waals surface area contributed by atoms with Crippen LogP contribution in [0.3, 0.4) is 0 Å². The van der Waals surface area contributed by atoms with E-state index in [0.29, 0.717) is 0 Å². The van der Waals surface area contributed by atoms with Crippen LogP contribution in [0.2, 0.25) is 0 Å². The predicted molar refractivity (Wildman–Crippen MR) is 32.6 cm³/mol. The molecule has 2 nitrogen and oxygen atoms in total. The summed E-state index contributed by atoms with van der Waals surface area (Å²) in [6.45, 7) is 0.566. The van der Waals surface area contributed by atoms with E-state index in [1.165, 1.54) is 0 Å². The van der Waals surface area contributed by atoms with Gasteiger partial charge >= 0.3 is 0 Å².